The third-order valence-corrected chi connectivity index (χ3v) is 7.62. The fourth-order valence-corrected chi connectivity index (χ4v) is 5.98. The molecule has 0 saturated heterocycles. The van der Waals surface area contributed by atoms with Crippen molar-refractivity contribution in [3.8, 4) is 0 Å². The molecule has 4 rings (SSSR count). The van der Waals surface area contributed by atoms with Crippen molar-refractivity contribution in [1.82, 2.24) is 14.6 Å². The molecular formula is C20H18N4O5S3. The second kappa shape index (κ2) is 9.27. The zero-order chi connectivity index (χ0) is 22.8. The molecule has 0 saturated carbocycles. The minimum Gasteiger partial charge on any atom is -0.465 e. The lowest BCUT2D eigenvalue weighted by Crippen LogP contribution is -2.16. The Morgan fingerprint density at radius 2 is 1.94 bits per heavy atom. The number of thiazole rings is 1. The summed E-state index contributed by atoms with van der Waals surface area (Å²) in [6.07, 6.45) is 0. The van der Waals surface area contributed by atoms with Crippen LogP contribution in [0.3, 0.4) is 0 Å². The minimum atomic E-state index is -0.608. The van der Waals surface area contributed by atoms with Crippen LogP contribution in [0.2, 0.25) is 0 Å². The Bertz CT molecular complexity index is 1340. The summed E-state index contributed by atoms with van der Waals surface area (Å²) in [5, 5.41) is 11.9. The molecule has 1 amide bonds. The molecule has 32 heavy (non-hydrogen) atoms. The van der Waals surface area contributed by atoms with Gasteiger partial charge in [0.15, 0.2) is 5.16 Å². The molecule has 0 unspecified atom stereocenters. The lowest BCUT2D eigenvalue weighted by Gasteiger charge is -2.06. The second-order valence-electron chi connectivity index (χ2n) is 6.48. The predicted molar refractivity (Wildman–Crippen MR) is 124 cm³/mol. The molecular weight excluding hydrogens is 472 g/mol. The van der Waals surface area contributed by atoms with Gasteiger partial charge >= 0.3 is 11.9 Å². The number of amides is 1. The lowest BCUT2D eigenvalue weighted by molar-refractivity contribution is -0.113. The number of aromatic nitrogens is 3. The fraction of sp³-hybridized carbons (Fsp3) is 0.250. The van der Waals surface area contributed by atoms with Gasteiger partial charge in [0.1, 0.15) is 9.88 Å². The number of nitrogens with one attached hydrogen (secondary N) is 1. The van der Waals surface area contributed by atoms with Gasteiger partial charge in [-0.1, -0.05) is 35.2 Å². The van der Waals surface area contributed by atoms with Crippen LogP contribution in [-0.2, 0) is 14.3 Å². The van der Waals surface area contributed by atoms with Crippen molar-refractivity contribution < 1.29 is 23.9 Å². The highest BCUT2D eigenvalue weighted by Crippen LogP contribution is 2.35. The van der Waals surface area contributed by atoms with Crippen LogP contribution < -0.4 is 5.32 Å². The van der Waals surface area contributed by atoms with Gasteiger partial charge in [0.2, 0.25) is 10.9 Å². The highest BCUT2D eigenvalue weighted by molar-refractivity contribution is 7.99. The summed E-state index contributed by atoms with van der Waals surface area (Å²) in [5.41, 5.74) is 1.54. The number of hydrogen-bond acceptors (Lipinski definition) is 10. The van der Waals surface area contributed by atoms with Gasteiger partial charge in [0, 0.05) is 0 Å². The van der Waals surface area contributed by atoms with Crippen LogP contribution in [0, 0.1) is 6.92 Å². The number of methoxy groups -OCH3 is 1. The number of esters is 2. The SMILES string of the molecule is CCOC(=O)c1c(NC(=O)CSc2nnc3sc4ccccc4n23)sc(C(=O)OC)c1C. The molecule has 3 aromatic heterocycles. The van der Waals surface area contributed by atoms with Gasteiger partial charge in [0.05, 0.1) is 35.2 Å². The van der Waals surface area contributed by atoms with E-state index in [1.54, 1.807) is 13.8 Å². The fourth-order valence-electron chi connectivity index (χ4n) is 3.08. The molecule has 9 nitrogen and oxygen atoms in total. The maximum absolute atomic E-state index is 12.7. The molecule has 0 fully saturated rings. The maximum atomic E-state index is 12.7. The number of nitrogens with zero attached hydrogens (tertiary/aromatic N) is 3. The summed E-state index contributed by atoms with van der Waals surface area (Å²) in [7, 11) is 1.26. The van der Waals surface area contributed by atoms with Gasteiger partial charge in [0.25, 0.3) is 0 Å². The Balaban J connectivity index is 1.55. The standard InChI is InChI=1S/C20H18N4O5S3/c1-4-29-17(26)14-10(2)15(18(27)28-3)32-16(14)21-13(25)9-30-19-22-23-20-24(19)11-7-5-6-8-12(11)31-20/h5-8H,4,9H2,1-3H3,(H,21,25). The van der Waals surface area contributed by atoms with Gasteiger partial charge in [-0.05, 0) is 31.5 Å². The van der Waals surface area contributed by atoms with E-state index in [2.05, 4.69) is 15.5 Å². The number of thiophene rings is 1. The van der Waals surface area contributed by atoms with Crippen molar-refractivity contribution in [2.75, 3.05) is 24.8 Å². The Kier molecular flexibility index (Phi) is 6.44. The normalized spacial score (nSPS) is 11.1. The van der Waals surface area contributed by atoms with Crippen LogP contribution in [0.5, 0.6) is 0 Å². The van der Waals surface area contributed by atoms with E-state index in [0.717, 1.165) is 26.5 Å². The van der Waals surface area contributed by atoms with Crippen LogP contribution in [0.4, 0.5) is 5.00 Å². The van der Waals surface area contributed by atoms with Crippen molar-refractivity contribution in [1.29, 1.82) is 0 Å². The summed E-state index contributed by atoms with van der Waals surface area (Å²) in [5.74, 6) is -1.50. The van der Waals surface area contributed by atoms with E-state index < -0.39 is 11.9 Å². The van der Waals surface area contributed by atoms with Crippen molar-refractivity contribution in [3.05, 3.63) is 40.3 Å². The van der Waals surface area contributed by atoms with Crippen molar-refractivity contribution in [3.63, 3.8) is 0 Å². The van der Waals surface area contributed by atoms with Crippen LogP contribution in [0.25, 0.3) is 15.2 Å². The number of ether oxygens (including phenoxy) is 2. The zero-order valence-electron chi connectivity index (χ0n) is 17.3. The first-order valence-electron chi connectivity index (χ1n) is 9.48. The van der Waals surface area contributed by atoms with Gasteiger partial charge in [-0.3, -0.25) is 9.20 Å². The minimum absolute atomic E-state index is 0.0394. The van der Waals surface area contributed by atoms with Crippen LogP contribution >= 0.6 is 34.4 Å². The molecule has 166 valence electrons. The van der Waals surface area contributed by atoms with E-state index in [1.165, 1.54) is 30.2 Å². The largest absolute Gasteiger partial charge is 0.465 e. The molecule has 1 aromatic carbocycles. The molecule has 3 heterocycles. The Labute approximate surface area is 194 Å². The highest BCUT2D eigenvalue weighted by atomic mass is 32.2. The first kappa shape index (κ1) is 22.2. The third kappa shape index (κ3) is 4.08. The van der Waals surface area contributed by atoms with Gasteiger partial charge in [-0.25, -0.2) is 9.59 Å². The molecule has 0 radical (unpaired) electrons. The molecule has 0 aliphatic rings. The Morgan fingerprint density at radius 1 is 1.16 bits per heavy atom. The maximum Gasteiger partial charge on any atom is 0.348 e. The van der Waals surface area contributed by atoms with E-state index in [-0.39, 0.29) is 33.7 Å². The van der Waals surface area contributed by atoms with Crippen LogP contribution in [0.15, 0.2) is 29.4 Å². The lowest BCUT2D eigenvalue weighted by atomic mass is 10.1. The quantitative estimate of drug-likeness (QED) is 0.306. The summed E-state index contributed by atoms with van der Waals surface area (Å²) >= 11 is 3.73. The first-order chi connectivity index (χ1) is 15.4. The topological polar surface area (TPSA) is 112 Å². The predicted octanol–water partition coefficient (Wildman–Crippen LogP) is 4.01. The number of fused-ring (bicyclic) bond motifs is 3. The summed E-state index contributed by atoms with van der Waals surface area (Å²) in [6, 6.07) is 7.87. The van der Waals surface area contributed by atoms with E-state index in [1.807, 2.05) is 28.7 Å². The number of carbonyl (C=O) groups excluding carboxylic acids is 3. The Hall–Kier alpha value is -2.96. The highest BCUT2D eigenvalue weighted by Gasteiger charge is 2.27. The van der Waals surface area contributed by atoms with E-state index in [9.17, 15) is 14.4 Å². The molecule has 0 aliphatic carbocycles. The molecule has 4 aromatic rings. The number of anilines is 1. The third-order valence-electron chi connectivity index (χ3n) is 4.49. The number of thioether (sulfide) groups is 1. The van der Waals surface area contributed by atoms with Crippen molar-refractivity contribution >= 4 is 72.5 Å². The summed E-state index contributed by atoms with van der Waals surface area (Å²) < 4.78 is 12.9. The number of benzene rings is 1. The van der Waals surface area contributed by atoms with E-state index in [0.29, 0.717) is 10.7 Å². The second-order valence-corrected chi connectivity index (χ2v) is 9.45. The molecule has 0 bridgehead atoms. The molecule has 0 spiro atoms. The zero-order valence-corrected chi connectivity index (χ0v) is 19.8. The van der Waals surface area contributed by atoms with Crippen molar-refractivity contribution in [2.45, 2.75) is 19.0 Å². The Morgan fingerprint density at radius 3 is 2.69 bits per heavy atom. The molecule has 0 aliphatic heterocycles. The summed E-state index contributed by atoms with van der Waals surface area (Å²) in [6.45, 7) is 3.47. The average Bonchev–Trinajstić information content (AvgIpc) is 3.44. The van der Waals surface area contributed by atoms with Gasteiger partial charge < -0.3 is 14.8 Å². The average molecular weight is 491 g/mol. The van der Waals surface area contributed by atoms with Crippen LogP contribution in [0.1, 0.15) is 32.5 Å². The van der Waals surface area contributed by atoms with Gasteiger partial charge in [-0.2, -0.15) is 0 Å². The number of para-hydroxylation sites is 1. The smallest absolute Gasteiger partial charge is 0.348 e. The monoisotopic (exact) mass is 490 g/mol. The molecule has 0 atom stereocenters. The van der Waals surface area contributed by atoms with E-state index >= 15 is 0 Å². The van der Waals surface area contributed by atoms with E-state index in [4.69, 9.17) is 9.47 Å². The number of hydrogen-bond donors (Lipinski definition) is 1. The summed E-state index contributed by atoms with van der Waals surface area (Å²) in [4.78, 5) is 38.2. The molecule has 1 N–H and O–H groups in total. The van der Waals surface area contributed by atoms with Gasteiger partial charge in [-0.15, -0.1) is 21.5 Å². The number of carbonyl (C=O) groups is 3. The number of rotatable bonds is 7. The first-order valence-corrected chi connectivity index (χ1v) is 12.1. The molecule has 12 heteroatoms. The van der Waals surface area contributed by atoms with Crippen LogP contribution in [-0.4, -0.2) is 51.9 Å². The van der Waals surface area contributed by atoms with Crippen molar-refractivity contribution in [2.24, 2.45) is 0 Å².